The highest BCUT2D eigenvalue weighted by atomic mass is 35.9. The molecule has 0 atom stereocenters. The first-order valence-electron chi connectivity index (χ1n) is 8.34. The molecule has 0 spiro atoms. The summed E-state index contributed by atoms with van der Waals surface area (Å²) in [5, 5.41) is 4.78. The molecule has 0 aliphatic heterocycles. The Morgan fingerprint density at radius 1 is 0.786 bits per heavy atom. The molecule has 7 heteroatoms. The zero-order chi connectivity index (χ0) is 20.6. The molecule has 28 heavy (non-hydrogen) atoms. The second-order valence-corrected chi connectivity index (χ2v) is 13.7. The molecule has 0 N–H and O–H groups in total. The molecule has 3 aromatic rings. The molecule has 0 unspecified atom stereocenters. The van der Waals surface area contributed by atoms with Crippen LogP contribution in [0.1, 0.15) is 6.92 Å². The summed E-state index contributed by atoms with van der Waals surface area (Å²) in [5.74, 6) is 2.26. The van der Waals surface area contributed by atoms with Gasteiger partial charge in [0, 0.05) is 0 Å². The minimum atomic E-state index is -3.94. The number of benzene rings is 3. The van der Waals surface area contributed by atoms with E-state index in [0.717, 1.165) is 5.03 Å². The van der Waals surface area contributed by atoms with E-state index in [-0.39, 0.29) is 0 Å². The van der Waals surface area contributed by atoms with Crippen molar-refractivity contribution in [2.75, 3.05) is 0 Å². The number of hydrogen-bond acceptors (Lipinski definition) is 2. The van der Waals surface area contributed by atoms with E-state index < -0.39 is 13.3 Å². The molecule has 146 valence electrons. The SMILES string of the molecule is CC(Cl)=C[P+](c1ccccc1)(c1ccccc1)c1ccccc1.O=P([O-])(Cl)Cl. The molecular formula is C21H19Cl3O2P2. The molecule has 0 aliphatic carbocycles. The molecule has 0 amide bonds. The lowest BCUT2D eigenvalue weighted by atomic mass is 10.4. The Kier molecular flexibility index (Phi) is 8.78. The van der Waals surface area contributed by atoms with Gasteiger partial charge in [0.1, 0.15) is 23.2 Å². The van der Waals surface area contributed by atoms with Gasteiger partial charge in [0.05, 0.1) is 10.8 Å². The summed E-state index contributed by atoms with van der Waals surface area (Å²) >= 11 is 15.0. The highest BCUT2D eigenvalue weighted by Crippen LogP contribution is 2.57. The van der Waals surface area contributed by atoms with Crippen LogP contribution >= 0.6 is 47.4 Å². The predicted octanol–water partition coefficient (Wildman–Crippen LogP) is 6.01. The van der Waals surface area contributed by atoms with E-state index in [4.69, 9.17) is 11.6 Å². The molecular weight excluding hydrogens is 453 g/mol. The van der Waals surface area contributed by atoms with Crippen LogP contribution in [0.3, 0.4) is 0 Å². The average Bonchev–Trinajstić information content (AvgIpc) is 2.67. The van der Waals surface area contributed by atoms with E-state index in [0.29, 0.717) is 0 Å². The third-order valence-corrected chi connectivity index (χ3v) is 8.24. The summed E-state index contributed by atoms with van der Waals surface area (Å²) in [6, 6.07) is 32.1. The lowest BCUT2D eigenvalue weighted by molar-refractivity contribution is -0.162. The number of halogens is 3. The van der Waals surface area contributed by atoms with E-state index in [9.17, 15) is 9.46 Å². The highest BCUT2D eigenvalue weighted by Gasteiger charge is 2.43. The second kappa shape index (κ2) is 10.6. The number of rotatable bonds is 4. The first kappa shape index (κ1) is 23.2. The fraction of sp³-hybridized carbons (Fsp3) is 0.0476. The third kappa shape index (κ3) is 6.75. The largest absolute Gasteiger partial charge is 0.776 e. The van der Waals surface area contributed by atoms with Crippen molar-refractivity contribution in [2.45, 2.75) is 6.92 Å². The Morgan fingerprint density at radius 2 is 1.04 bits per heavy atom. The van der Waals surface area contributed by atoms with E-state index in [1.165, 1.54) is 15.9 Å². The highest BCUT2D eigenvalue weighted by molar-refractivity contribution is 8.03. The zero-order valence-electron chi connectivity index (χ0n) is 15.1. The topological polar surface area (TPSA) is 40.1 Å². The van der Waals surface area contributed by atoms with Crippen molar-refractivity contribution in [1.29, 1.82) is 0 Å². The van der Waals surface area contributed by atoms with Crippen molar-refractivity contribution in [3.05, 3.63) is 102 Å². The van der Waals surface area contributed by atoms with Crippen molar-refractivity contribution in [1.82, 2.24) is 0 Å². The maximum Gasteiger partial charge on any atom is 0.186 e. The predicted molar refractivity (Wildman–Crippen MR) is 124 cm³/mol. The first-order valence-corrected chi connectivity index (χ1v) is 14.0. The summed E-state index contributed by atoms with van der Waals surface area (Å²) in [5.41, 5.74) is 0. The Balaban J connectivity index is 0.000000500. The van der Waals surface area contributed by atoms with Gasteiger partial charge in [-0.05, 0) is 43.3 Å². The van der Waals surface area contributed by atoms with Crippen LogP contribution < -0.4 is 20.8 Å². The Labute approximate surface area is 181 Å². The summed E-state index contributed by atoms with van der Waals surface area (Å²) in [6.07, 6.45) is -3.94. The maximum atomic E-state index is 9.19. The third-order valence-electron chi connectivity index (χ3n) is 3.86. The smallest absolute Gasteiger partial charge is 0.186 e. The summed E-state index contributed by atoms with van der Waals surface area (Å²) in [6.45, 7) is 1.96. The van der Waals surface area contributed by atoms with Gasteiger partial charge in [-0.25, -0.2) is 0 Å². The van der Waals surface area contributed by atoms with Gasteiger partial charge in [0.2, 0.25) is 0 Å². The van der Waals surface area contributed by atoms with Gasteiger partial charge in [-0.1, -0.05) is 88.7 Å². The lowest BCUT2D eigenvalue weighted by Gasteiger charge is -2.24. The van der Waals surface area contributed by atoms with Crippen LogP contribution in [0, 0.1) is 0 Å². The first-order chi connectivity index (χ1) is 13.2. The van der Waals surface area contributed by atoms with E-state index >= 15 is 0 Å². The minimum Gasteiger partial charge on any atom is -0.776 e. The molecule has 0 aromatic heterocycles. The minimum absolute atomic E-state index is 0.829. The molecule has 3 aromatic carbocycles. The quantitative estimate of drug-likeness (QED) is 0.437. The fourth-order valence-corrected chi connectivity index (χ4v) is 7.17. The lowest BCUT2D eigenvalue weighted by Crippen LogP contribution is -2.29. The van der Waals surface area contributed by atoms with Crippen molar-refractivity contribution >= 4 is 63.3 Å². The van der Waals surface area contributed by atoms with Crippen molar-refractivity contribution in [3.63, 3.8) is 0 Å². The van der Waals surface area contributed by atoms with Crippen molar-refractivity contribution in [3.8, 4) is 0 Å². The van der Waals surface area contributed by atoms with Gasteiger partial charge < -0.3 is 9.46 Å². The zero-order valence-corrected chi connectivity index (χ0v) is 19.1. The molecule has 2 nitrogen and oxygen atoms in total. The Bertz CT molecular complexity index is 834. The molecule has 0 radical (unpaired) electrons. The van der Waals surface area contributed by atoms with Crippen LogP contribution in [0.4, 0.5) is 0 Å². The summed E-state index contributed by atoms with van der Waals surface area (Å²) < 4.78 is 9.19. The molecule has 0 saturated heterocycles. The van der Waals surface area contributed by atoms with Crippen LogP contribution in [-0.2, 0) is 4.57 Å². The standard InChI is InChI=1S/C21H19ClP.Cl2HO2P/c1-18(22)17-23(19-11-5-2-6-12-19,20-13-7-3-8-14-20)21-15-9-4-10-16-21;1-5(2,3)4/h2-17H,1H3;(H,3,4)/q+1;/p-1. The normalized spacial score (nSPS) is 12.1. The van der Waals surface area contributed by atoms with Gasteiger partial charge in [-0.2, -0.15) is 0 Å². The maximum absolute atomic E-state index is 9.19. The van der Waals surface area contributed by atoms with Crippen molar-refractivity contribution in [2.24, 2.45) is 0 Å². The van der Waals surface area contributed by atoms with Crippen molar-refractivity contribution < 1.29 is 9.46 Å². The van der Waals surface area contributed by atoms with Gasteiger partial charge in [-0.3, -0.25) is 0 Å². The van der Waals surface area contributed by atoms with E-state index in [2.05, 4.69) is 119 Å². The monoisotopic (exact) mass is 470 g/mol. The molecule has 0 aliphatic rings. The Hall–Kier alpha value is -1.11. The van der Waals surface area contributed by atoms with Crippen LogP contribution in [-0.4, -0.2) is 0 Å². The van der Waals surface area contributed by atoms with Crippen LogP contribution in [0.5, 0.6) is 0 Å². The van der Waals surface area contributed by atoms with Crippen LogP contribution in [0.15, 0.2) is 102 Å². The molecule has 0 bridgehead atoms. The number of allylic oxidation sites excluding steroid dienone is 1. The fourth-order valence-electron chi connectivity index (χ4n) is 2.93. The van der Waals surface area contributed by atoms with Crippen LogP contribution in [0.25, 0.3) is 0 Å². The average molecular weight is 472 g/mol. The molecule has 0 saturated carbocycles. The summed E-state index contributed by atoms with van der Waals surface area (Å²) in [4.78, 5) is 9.19. The van der Waals surface area contributed by atoms with Crippen LogP contribution in [0.2, 0.25) is 0 Å². The molecule has 0 fully saturated rings. The van der Waals surface area contributed by atoms with E-state index in [1.807, 2.05) is 6.92 Å². The van der Waals surface area contributed by atoms with Gasteiger partial charge in [-0.15, -0.1) is 0 Å². The molecule has 0 heterocycles. The second-order valence-electron chi connectivity index (χ2n) is 5.86. The van der Waals surface area contributed by atoms with Gasteiger partial charge in [0.15, 0.2) is 6.07 Å². The molecule has 3 rings (SSSR count). The van der Waals surface area contributed by atoms with Gasteiger partial charge >= 0.3 is 0 Å². The number of hydrogen-bond donors (Lipinski definition) is 0. The Morgan fingerprint density at radius 3 is 1.25 bits per heavy atom. The van der Waals surface area contributed by atoms with E-state index in [1.54, 1.807) is 0 Å². The van der Waals surface area contributed by atoms with Gasteiger partial charge in [0.25, 0.3) is 0 Å². The summed E-state index contributed by atoms with van der Waals surface area (Å²) in [7, 11) is -1.90.